The molecule has 1 aliphatic carbocycles. The van der Waals surface area contributed by atoms with Crippen LogP contribution in [0, 0.1) is 0 Å². The van der Waals surface area contributed by atoms with Crippen LogP contribution in [0.25, 0.3) is 11.5 Å². The van der Waals surface area contributed by atoms with Crippen molar-refractivity contribution in [2.24, 2.45) is 0 Å². The van der Waals surface area contributed by atoms with Gasteiger partial charge >= 0.3 is 0 Å². The zero-order valence-corrected chi connectivity index (χ0v) is 20.0. The number of nitrogens with one attached hydrogen (secondary N) is 1. The number of ether oxygens (including phenoxy) is 1. The van der Waals surface area contributed by atoms with E-state index in [2.05, 4.69) is 10.3 Å². The van der Waals surface area contributed by atoms with Gasteiger partial charge < -0.3 is 20.1 Å². The summed E-state index contributed by atoms with van der Waals surface area (Å²) >= 11 is 0. The van der Waals surface area contributed by atoms with E-state index in [1.54, 1.807) is 25.3 Å². The zero-order valence-electron chi connectivity index (χ0n) is 20.0. The summed E-state index contributed by atoms with van der Waals surface area (Å²) < 4.78 is 5.78. The lowest BCUT2D eigenvalue weighted by molar-refractivity contribution is -0.121. The third kappa shape index (κ3) is 6.16. The minimum Gasteiger partial charge on any atom is -0.490 e. The molecular weight excluding hydrogens is 406 g/mol. The molecule has 0 saturated heterocycles. The van der Waals surface area contributed by atoms with Gasteiger partial charge in [0.05, 0.1) is 12.1 Å². The van der Waals surface area contributed by atoms with E-state index in [1.807, 2.05) is 39.6 Å². The third-order valence-electron chi connectivity index (χ3n) is 5.44. The fourth-order valence-corrected chi connectivity index (χ4v) is 3.56. The molecule has 32 heavy (non-hydrogen) atoms. The van der Waals surface area contributed by atoms with Crippen LogP contribution in [0.3, 0.4) is 0 Å². The number of nitrogens with zero attached hydrogens (tertiary/aromatic N) is 4. The molecule has 0 fully saturated rings. The average molecular weight is 442 g/mol. The Labute approximate surface area is 190 Å². The lowest BCUT2D eigenvalue weighted by Gasteiger charge is -2.25. The third-order valence-corrected chi connectivity index (χ3v) is 5.44. The molecule has 1 amide bonds. The van der Waals surface area contributed by atoms with E-state index in [0.29, 0.717) is 23.7 Å². The van der Waals surface area contributed by atoms with E-state index in [9.17, 15) is 9.90 Å². The molecule has 0 radical (unpaired) electrons. The van der Waals surface area contributed by atoms with Crippen LogP contribution < -0.4 is 15.0 Å². The second-order valence-corrected chi connectivity index (χ2v) is 9.82. The molecule has 1 aliphatic rings. The van der Waals surface area contributed by atoms with E-state index < -0.39 is 5.60 Å². The molecule has 3 rings (SSSR count). The van der Waals surface area contributed by atoms with Crippen molar-refractivity contribution in [2.45, 2.75) is 71.4 Å². The first-order chi connectivity index (χ1) is 15.0. The molecule has 0 unspecified atom stereocenters. The normalized spacial score (nSPS) is 15.1. The number of carbonyl (C=O) groups excluding carboxylic acids is 1. The molecular formula is C24H35N5O3. The Balaban J connectivity index is 1.86. The van der Waals surface area contributed by atoms with Gasteiger partial charge in [-0.15, -0.1) is 0 Å². The minimum absolute atomic E-state index is 0.0524. The number of anilines is 1. The highest BCUT2D eigenvalue weighted by molar-refractivity contribution is 5.82. The molecule has 2 aromatic rings. The maximum absolute atomic E-state index is 12.5. The van der Waals surface area contributed by atoms with Crippen LogP contribution in [0.5, 0.6) is 5.75 Å². The molecule has 0 saturated carbocycles. The Hall–Kier alpha value is -2.74. The maximum Gasteiger partial charge on any atom is 0.239 e. The fourth-order valence-electron chi connectivity index (χ4n) is 3.56. The quantitative estimate of drug-likeness (QED) is 0.650. The first kappa shape index (κ1) is 23.9. The summed E-state index contributed by atoms with van der Waals surface area (Å²) in [5.74, 6) is 1.83. The Bertz CT molecular complexity index is 969. The summed E-state index contributed by atoms with van der Waals surface area (Å²) in [5.41, 5.74) is 1.53. The van der Waals surface area contributed by atoms with Crippen molar-refractivity contribution >= 4 is 11.7 Å². The summed E-state index contributed by atoms with van der Waals surface area (Å²) in [4.78, 5) is 28.4. The molecule has 0 aliphatic heterocycles. The van der Waals surface area contributed by atoms with Gasteiger partial charge in [0.25, 0.3) is 0 Å². The van der Waals surface area contributed by atoms with Crippen LogP contribution >= 0.6 is 0 Å². The number of pyridine rings is 1. The molecule has 0 aromatic carbocycles. The fraction of sp³-hybridized carbons (Fsp3) is 0.583. The second kappa shape index (κ2) is 9.40. The number of amides is 1. The highest BCUT2D eigenvalue weighted by Crippen LogP contribution is 2.31. The van der Waals surface area contributed by atoms with Gasteiger partial charge in [-0.25, -0.2) is 9.97 Å². The van der Waals surface area contributed by atoms with Crippen molar-refractivity contribution in [3.05, 3.63) is 29.6 Å². The van der Waals surface area contributed by atoms with Gasteiger partial charge in [-0.3, -0.25) is 9.78 Å². The lowest BCUT2D eigenvalue weighted by atomic mass is 10.1. The van der Waals surface area contributed by atoms with E-state index in [0.717, 1.165) is 36.3 Å². The highest BCUT2D eigenvalue weighted by Gasteiger charge is 2.25. The molecule has 2 heterocycles. The van der Waals surface area contributed by atoms with Crippen molar-refractivity contribution in [1.29, 1.82) is 0 Å². The number of hydrogen-bond acceptors (Lipinski definition) is 7. The number of aryl methyl sites for hydroxylation is 1. The first-order valence-electron chi connectivity index (χ1n) is 11.2. The SMILES string of the molecule is CC[C@](C)(O)COc1ccnc(-c2nc3c(c(N(C)CC(=O)NC(C)(C)C)n2)CCC3)c1. The largest absolute Gasteiger partial charge is 0.490 e. The molecule has 0 bridgehead atoms. The second-order valence-electron chi connectivity index (χ2n) is 9.82. The van der Waals surface area contributed by atoms with Crippen molar-refractivity contribution < 1.29 is 14.6 Å². The molecule has 0 spiro atoms. The predicted molar refractivity (Wildman–Crippen MR) is 125 cm³/mol. The van der Waals surface area contributed by atoms with Gasteiger partial charge in [0.2, 0.25) is 5.91 Å². The average Bonchev–Trinajstić information content (AvgIpc) is 3.19. The van der Waals surface area contributed by atoms with E-state index in [-0.39, 0.29) is 24.6 Å². The summed E-state index contributed by atoms with van der Waals surface area (Å²) in [5, 5.41) is 13.2. The number of hydrogen-bond donors (Lipinski definition) is 2. The van der Waals surface area contributed by atoms with Crippen LogP contribution in [0.1, 0.15) is 58.7 Å². The smallest absolute Gasteiger partial charge is 0.239 e. The number of aromatic nitrogens is 3. The summed E-state index contributed by atoms with van der Waals surface area (Å²) in [7, 11) is 1.88. The van der Waals surface area contributed by atoms with Gasteiger partial charge in [-0.2, -0.15) is 0 Å². The minimum atomic E-state index is -0.892. The van der Waals surface area contributed by atoms with Gasteiger partial charge in [0, 0.05) is 36.1 Å². The Morgan fingerprint density at radius 3 is 2.69 bits per heavy atom. The van der Waals surface area contributed by atoms with Crippen LogP contribution in [-0.2, 0) is 17.6 Å². The standard InChI is InChI=1S/C24H35N5O3/c1-7-24(5,31)15-32-16-11-12-25-19(13-16)21-26-18-10-8-9-17(18)22(27-21)29(6)14-20(30)28-23(2,3)4/h11-13,31H,7-10,14-15H2,1-6H3,(H,28,30)/t24-/m0/s1. The van der Waals surface area contributed by atoms with Gasteiger partial charge in [-0.1, -0.05) is 6.92 Å². The van der Waals surface area contributed by atoms with Gasteiger partial charge in [0.1, 0.15) is 23.9 Å². The van der Waals surface area contributed by atoms with E-state index >= 15 is 0 Å². The molecule has 2 aromatic heterocycles. The summed E-state index contributed by atoms with van der Waals surface area (Å²) in [6, 6.07) is 3.55. The Morgan fingerprint density at radius 1 is 1.25 bits per heavy atom. The van der Waals surface area contributed by atoms with Gasteiger partial charge in [0.15, 0.2) is 5.82 Å². The number of rotatable bonds is 8. The number of fused-ring (bicyclic) bond motifs is 1. The zero-order chi connectivity index (χ0) is 23.5. The monoisotopic (exact) mass is 441 g/mol. The molecule has 174 valence electrons. The van der Waals surface area contributed by atoms with Crippen LogP contribution in [0.2, 0.25) is 0 Å². The van der Waals surface area contributed by atoms with Crippen LogP contribution in [-0.4, -0.2) is 57.3 Å². The van der Waals surface area contributed by atoms with E-state index in [1.165, 1.54) is 0 Å². The Morgan fingerprint density at radius 2 is 2.00 bits per heavy atom. The molecule has 8 heteroatoms. The molecule has 1 atom stereocenters. The number of likely N-dealkylation sites (N-methyl/N-ethyl adjacent to an activating group) is 1. The van der Waals surface area contributed by atoms with Crippen molar-refractivity contribution in [3.8, 4) is 17.3 Å². The van der Waals surface area contributed by atoms with Crippen molar-refractivity contribution in [1.82, 2.24) is 20.3 Å². The number of carbonyl (C=O) groups is 1. The van der Waals surface area contributed by atoms with E-state index in [4.69, 9.17) is 14.7 Å². The number of aliphatic hydroxyl groups is 1. The maximum atomic E-state index is 12.5. The van der Waals surface area contributed by atoms with Crippen molar-refractivity contribution in [3.63, 3.8) is 0 Å². The van der Waals surface area contributed by atoms with Crippen molar-refractivity contribution in [2.75, 3.05) is 25.1 Å². The summed E-state index contributed by atoms with van der Waals surface area (Å²) in [6.07, 6.45) is 5.05. The highest BCUT2D eigenvalue weighted by atomic mass is 16.5. The van der Waals surface area contributed by atoms with Gasteiger partial charge in [-0.05, 0) is 59.4 Å². The Kier molecular flexibility index (Phi) is 7.03. The summed E-state index contributed by atoms with van der Waals surface area (Å²) in [6.45, 7) is 9.96. The van der Waals surface area contributed by atoms with Crippen LogP contribution in [0.15, 0.2) is 18.3 Å². The predicted octanol–water partition coefficient (Wildman–Crippen LogP) is 2.92. The first-order valence-corrected chi connectivity index (χ1v) is 11.2. The lowest BCUT2D eigenvalue weighted by Crippen LogP contribution is -2.45. The molecule has 2 N–H and O–H groups in total. The molecule has 8 nitrogen and oxygen atoms in total. The van der Waals surface area contributed by atoms with Crippen LogP contribution in [0.4, 0.5) is 5.82 Å². The topological polar surface area (TPSA) is 100 Å².